The standard InChI is InChI=1S/C12H11N5O2/c13-11-5-8(16-17-11)12-14-6-3-9-10(4-7(6)15-12)19-2-1-18-9/h3-5H,1-2H2,(H,14,15)(H3,13,16,17). The van der Waals surface area contributed by atoms with Crippen LogP contribution in [0.25, 0.3) is 22.6 Å². The van der Waals surface area contributed by atoms with E-state index in [-0.39, 0.29) is 0 Å². The van der Waals surface area contributed by atoms with Gasteiger partial charge in [-0.1, -0.05) is 0 Å². The first-order chi connectivity index (χ1) is 9.29. The predicted molar refractivity (Wildman–Crippen MR) is 69.1 cm³/mol. The molecule has 0 radical (unpaired) electrons. The Balaban J connectivity index is 1.87. The van der Waals surface area contributed by atoms with E-state index in [2.05, 4.69) is 20.2 Å². The van der Waals surface area contributed by atoms with Crippen LogP contribution in [0.4, 0.5) is 5.82 Å². The van der Waals surface area contributed by atoms with E-state index in [0.29, 0.717) is 24.9 Å². The molecule has 0 amide bonds. The second kappa shape index (κ2) is 3.64. The van der Waals surface area contributed by atoms with Gasteiger partial charge in [-0.15, -0.1) is 0 Å². The van der Waals surface area contributed by atoms with Crippen molar-refractivity contribution in [3.8, 4) is 23.0 Å². The molecule has 3 heterocycles. The average Bonchev–Trinajstić information content (AvgIpc) is 3.01. The zero-order chi connectivity index (χ0) is 12.8. The van der Waals surface area contributed by atoms with Crippen LogP contribution >= 0.6 is 0 Å². The van der Waals surface area contributed by atoms with Gasteiger partial charge in [0.15, 0.2) is 17.3 Å². The second-order valence-electron chi connectivity index (χ2n) is 4.30. The van der Waals surface area contributed by atoms with Crippen LogP contribution < -0.4 is 15.2 Å². The number of hydrogen-bond donors (Lipinski definition) is 3. The van der Waals surface area contributed by atoms with Gasteiger partial charge in [-0.05, 0) is 0 Å². The molecule has 0 saturated heterocycles. The Bertz CT molecular complexity index is 718. The molecule has 0 unspecified atom stereocenters. The monoisotopic (exact) mass is 257 g/mol. The molecule has 4 rings (SSSR count). The topological polar surface area (TPSA) is 102 Å². The smallest absolute Gasteiger partial charge is 0.163 e. The normalized spacial score (nSPS) is 13.9. The van der Waals surface area contributed by atoms with Crippen molar-refractivity contribution in [3.63, 3.8) is 0 Å². The summed E-state index contributed by atoms with van der Waals surface area (Å²) in [5.74, 6) is 2.57. The highest BCUT2D eigenvalue weighted by Gasteiger charge is 2.15. The summed E-state index contributed by atoms with van der Waals surface area (Å²) >= 11 is 0. The number of hydrogen-bond acceptors (Lipinski definition) is 5. The summed E-state index contributed by atoms with van der Waals surface area (Å²) in [7, 11) is 0. The number of nitrogens with one attached hydrogen (secondary N) is 2. The third-order valence-electron chi connectivity index (χ3n) is 3.00. The van der Waals surface area contributed by atoms with Crippen LogP contribution in [0.2, 0.25) is 0 Å². The van der Waals surface area contributed by atoms with E-state index in [1.165, 1.54) is 0 Å². The van der Waals surface area contributed by atoms with E-state index in [4.69, 9.17) is 15.2 Å². The van der Waals surface area contributed by atoms with Crippen LogP contribution in [-0.2, 0) is 0 Å². The summed E-state index contributed by atoms with van der Waals surface area (Å²) in [4.78, 5) is 7.69. The van der Waals surface area contributed by atoms with E-state index in [9.17, 15) is 0 Å². The fourth-order valence-electron chi connectivity index (χ4n) is 2.13. The number of aromatic nitrogens is 4. The number of nitrogen functional groups attached to an aromatic ring is 1. The Morgan fingerprint density at radius 1 is 1.11 bits per heavy atom. The maximum Gasteiger partial charge on any atom is 0.163 e. The summed E-state index contributed by atoms with van der Waals surface area (Å²) in [5.41, 5.74) is 8.02. The van der Waals surface area contributed by atoms with Crippen molar-refractivity contribution in [1.82, 2.24) is 20.2 Å². The highest BCUT2D eigenvalue weighted by molar-refractivity contribution is 5.82. The molecule has 0 aliphatic carbocycles. The highest BCUT2D eigenvalue weighted by atomic mass is 16.6. The van der Waals surface area contributed by atoms with E-state index in [1.807, 2.05) is 12.1 Å². The molecule has 0 fully saturated rings. The number of rotatable bonds is 1. The third-order valence-corrected chi connectivity index (χ3v) is 3.00. The number of aromatic amines is 2. The molecular formula is C12H11N5O2. The molecule has 4 N–H and O–H groups in total. The lowest BCUT2D eigenvalue weighted by Crippen LogP contribution is -2.15. The number of fused-ring (bicyclic) bond motifs is 2. The minimum Gasteiger partial charge on any atom is -0.486 e. The lowest BCUT2D eigenvalue weighted by atomic mass is 10.2. The number of nitrogens with two attached hydrogens (primary N) is 1. The number of benzene rings is 1. The molecule has 0 spiro atoms. The zero-order valence-electron chi connectivity index (χ0n) is 9.93. The molecule has 0 atom stereocenters. The minimum atomic E-state index is 0.432. The Morgan fingerprint density at radius 2 is 1.89 bits per heavy atom. The molecule has 1 aromatic carbocycles. The molecule has 2 aromatic heterocycles. The molecule has 3 aromatic rings. The van der Waals surface area contributed by atoms with Gasteiger partial charge in [0.05, 0.1) is 11.0 Å². The van der Waals surface area contributed by atoms with Gasteiger partial charge in [0.2, 0.25) is 0 Å². The van der Waals surface area contributed by atoms with Crippen molar-refractivity contribution in [2.45, 2.75) is 0 Å². The first-order valence-corrected chi connectivity index (χ1v) is 5.90. The van der Waals surface area contributed by atoms with Crippen LogP contribution in [0.15, 0.2) is 18.2 Å². The van der Waals surface area contributed by atoms with E-state index >= 15 is 0 Å². The first-order valence-electron chi connectivity index (χ1n) is 5.90. The summed E-state index contributed by atoms with van der Waals surface area (Å²) in [5, 5.41) is 6.70. The summed E-state index contributed by atoms with van der Waals surface area (Å²) < 4.78 is 11.1. The second-order valence-corrected chi connectivity index (χ2v) is 4.30. The Morgan fingerprint density at radius 3 is 2.63 bits per heavy atom. The fraction of sp³-hybridized carbons (Fsp3) is 0.167. The minimum absolute atomic E-state index is 0.432. The first kappa shape index (κ1) is 10.2. The van der Waals surface area contributed by atoms with E-state index < -0.39 is 0 Å². The third kappa shape index (κ3) is 1.59. The van der Waals surface area contributed by atoms with Gasteiger partial charge >= 0.3 is 0 Å². The van der Waals surface area contributed by atoms with E-state index in [0.717, 1.165) is 28.2 Å². The Labute approximate surface area is 107 Å². The van der Waals surface area contributed by atoms with Crippen LogP contribution in [0, 0.1) is 0 Å². The van der Waals surface area contributed by atoms with Gasteiger partial charge in [0.25, 0.3) is 0 Å². The number of anilines is 1. The lowest BCUT2D eigenvalue weighted by molar-refractivity contribution is 0.172. The van der Waals surface area contributed by atoms with Crippen molar-refractivity contribution in [1.29, 1.82) is 0 Å². The largest absolute Gasteiger partial charge is 0.486 e. The fourth-order valence-corrected chi connectivity index (χ4v) is 2.13. The van der Waals surface area contributed by atoms with Crippen LogP contribution in [-0.4, -0.2) is 33.4 Å². The summed E-state index contributed by atoms with van der Waals surface area (Å²) in [6.07, 6.45) is 0. The summed E-state index contributed by atoms with van der Waals surface area (Å²) in [6.45, 7) is 1.13. The molecule has 1 aliphatic rings. The van der Waals surface area contributed by atoms with Gasteiger partial charge in [-0.25, -0.2) is 4.98 Å². The quantitative estimate of drug-likeness (QED) is 0.610. The molecule has 1 aliphatic heterocycles. The van der Waals surface area contributed by atoms with Gasteiger partial charge < -0.3 is 20.2 Å². The van der Waals surface area contributed by atoms with Gasteiger partial charge in [0.1, 0.15) is 24.7 Å². The Kier molecular flexibility index (Phi) is 1.96. The van der Waals surface area contributed by atoms with Crippen molar-refractivity contribution < 1.29 is 9.47 Å². The number of H-pyrrole nitrogens is 2. The molecule has 0 saturated carbocycles. The molecular weight excluding hydrogens is 246 g/mol. The van der Waals surface area contributed by atoms with Gasteiger partial charge in [-0.2, -0.15) is 5.10 Å². The van der Waals surface area contributed by atoms with Crippen LogP contribution in [0.5, 0.6) is 11.5 Å². The number of ether oxygens (including phenoxy) is 2. The van der Waals surface area contributed by atoms with Crippen LogP contribution in [0.1, 0.15) is 0 Å². The zero-order valence-corrected chi connectivity index (χ0v) is 9.93. The lowest BCUT2D eigenvalue weighted by Gasteiger charge is -2.17. The predicted octanol–water partition coefficient (Wildman–Crippen LogP) is 1.31. The molecule has 7 nitrogen and oxygen atoms in total. The average molecular weight is 257 g/mol. The van der Waals surface area contributed by atoms with Crippen molar-refractivity contribution in [2.24, 2.45) is 0 Å². The molecule has 96 valence electrons. The molecule has 0 bridgehead atoms. The van der Waals surface area contributed by atoms with Gasteiger partial charge in [0, 0.05) is 18.2 Å². The number of imidazole rings is 1. The number of nitrogens with zero attached hydrogens (tertiary/aromatic N) is 2. The SMILES string of the molecule is Nc1cc(-c2nc3cc4c(cc3[nH]2)OCCO4)[nH]n1. The maximum atomic E-state index is 5.59. The van der Waals surface area contributed by atoms with Gasteiger partial charge in [-0.3, -0.25) is 5.10 Å². The Hall–Kier alpha value is -2.70. The summed E-state index contributed by atoms with van der Waals surface area (Å²) in [6, 6.07) is 5.48. The molecule has 19 heavy (non-hydrogen) atoms. The van der Waals surface area contributed by atoms with Crippen molar-refractivity contribution in [3.05, 3.63) is 18.2 Å². The molecule has 7 heteroatoms. The van der Waals surface area contributed by atoms with Crippen molar-refractivity contribution >= 4 is 16.9 Å². The van der Waals surface area contributed by atoms with Crippen LogP contribution in [0.3, 0.4) is 0 Å². The van der Waals surface area contributed by atoms with E-state index in [1.54, 1.807) is 6.07 Å². The highest BCUT2D eigenvalue weighted by Crippen LogP contribution is 2.34. The van der Waals surface area contributed by atoms with Crippen molar-refractivity contribution in [2.75, 3.05) is 18.9 Å². The maximum absolute atomic E-state index is 5.59.